The summed E-state index contributed by atoms with van der Waals surface area (Å²) in [6.07, 6.45) is 9.72. The number of ether oxygens (including phenoxy) is 1. The van der Waals surface area contributed by atoms with Gasteiger partial charge in [0, 0.05) is 18.1 Å². The summed E-state index contributed by atoms with van der Waals surface area (Å²) in [5, 5.41) is 0. The molecule has 0 unspecified atom stereocenters. The van der Waals surface area contributed by atoms with E-state index in [1.807, 2.05) is 0 Å². The smallest absolute Gasteiger partial charge is 0.338 e. The highest BCUT2D eigenvalue weighted by Gasteiger charge is 2.20. The van der Waals surface area contributed by atoms with Gasteiger partial charge in [0.15, 0.2) is 25.6 Å². The Balaban J connectivity index is 0.000000422. The number of rotatable bonds is 12. The molecule has 0 saturated carbocycles. The fourth-order valence-corrected chi connectivity index (χ4v) is 6.38. The van der Waals surface area contributed by atoms with Crippen LogP contribution < -0.4 is 11.5 Å². The van der Waals surface area contributed by atoms with Crippen LogP contribution in [0.25, 0.3) is 0 Å². The fraction of sp³-hybridized carbons (Fsp3) is 0.500. The van der Waals surface area contributed by atoms with Gasteiger partial charge in [0.2, 0.25) is 0 Å². The zero-order valence-electron chi connectivity index (χ0n) is 25.7. The molecule has 0 bridgehead atoms. The van der Waals surface area contributed by atoms with Gasteiger partial charge in [-0.2, -0.15) is 4.99 Å². The summed E-state index contributed by atoms with van der Waals surface area (Å²) < 4.78 is 52.5. The van der Waals surface area contributed by atoms with E-state index in [2.05, 4.69) is 23.6 Å². The number of esters is 1. The molecule has 2 rings (SSSR count). The standard InChI is InChI=1S/C15H23N3O3S.C15H22O4S/c1-4-5-6-7-11-8-10(2)12(14(19)18-15(16)17)9-13(11)22(3,20)21;1-5-6-7-8-12-9-11(2)13(15(16)19-3)10-14(12)20(4,17)18/h8-9H,4-7H2,1-3H3,(H4,16,17,18,19);9-10H,5-8H2,1-4H3. The van der Waals surface area contributed by atoms with Gasteiger partial charge in [0.1, 0.15) is 0 Å². The van der Waals surface area contributed by atoms with E-state index in [1.54, 1.807) is 26.0 Å². The number of aliphatic imine (C=N–C) groups is 1. The number of aryl methyl sites for hydroxylation is 4. The summed E-state index contributed by atoms with van der Waals surface area (Å²) in [5.74, 6) is -1.49. The topological polar surface area (TPSA) is 176 Å². The van der Waals surface area contributed by atoms with Crippen LogP contribution in [0.15, 0.2) is 39.0 Å². The van der Waals surface area contributed by atoms with Crippen molar-refractivity contribution in [2.75, 3.05) is 19.6 Å². The number of amides is 1. The summed E-state index contributed by atoms with van der Waals surface area (Å²) in [6.45, 7) is 7.72. The number of benzene rings is 2. The summed E-state index contributed by atoms with van der Waals surface area (Å²) in [5.41, 5.74) is 13.8. The van der Waals surface area contributed by atoms with Crippen molar-refractivity contribution in [1.82, 2.24) is 0 Å². The Morgan fingerprint density at radius 1 is 0.738 bits per heavy atom. The average Bonchev–Trinajstić information content (AvgIpc) is 2.87. The van der Waals surface area contributed by atoms with Crippen LogP contribution in [0.3, 0.4) is 0 Å². The second-order valence-corrected chi connectivity index (χ2v) is 14.3. The van der Waals surface area contributed by atoms with Gasteiger partial charge in [-0.05, 0) is 73.9 Å². The van der Waals surface area contributed by atoms with Gasteiger partial charge < -0.3 is 16.2 Å². The van der Waals surface area contributed by atoms with Crippen LogP contribution >= 0.6 is 0 Å². The zero-order chi connectivity index (χ0) is 32.3. The third-order valence-electron chi connectivity index (χ3n) is 6.58. The maximum Gasteiger partial charge on any atom is 0.338 e. The first-order chi connectivity index (χ1) is 19.5. The van der Waals surface area contributed by atoms with Crippen molar-refractivity contribution in [2.45, 2.75) is 88.9 Å². The average molecular weight is 624 g/mol. The Morgan fingerprint density at radius 3 is 1.50 bits per heavy atom. The number of hydrogen-bond acceptors (Lipinski definition) is 7. The number of methoxy groups -OCH3 is 1. The third kappa shape index (κ3) is 11.2. The minimum Gasteiger partial charge on any atom is -0.465 e. The monoisotopic (exact) mass is 623 g/mol. The van der Waals surface area contributed by atoms with Crippen molar-refractivity contribution in [3.05, 3.63) is 57.6 Å². The summed E-state index contributed by atoms with van der Waals surface area (Å²) in [7, 11) is -5.51. The highest BCUT2D eigenvalue weighted by atomic mass is 32.2. The molecule has 0 saturated heterocycles. The van der Waals surface area contributed by atoms with E-state index in [1.165, 1.54) is 25.5 Å². The van der Waals surface area contributed by atoms with Gasteiger partial charge >= 0.3 is 5.97 Å². The predicted molar refractivity (Wildman–Crippen MR) is 167 cm³/mol. The lowest BCUT2D eigenvalue weighted by atomic mass is 10.0. The lowest BCUT2D eigenvalue weighted by Gasteiger charge is -2.12. The normalized spacial score (nSPS) is 11.3. The Labute approximate surface area is 250 Å². The van der Waals surface area contributed by atoms with E-state index in [-0.39, 0.29) is 21.3 Å². The van der Waals surface area contributed by atoms with Crippen LogP contribution in [0.2, 0.25) is 0 Å². The number of sulfone groups is 2. The molecule has 0 aliphatic carbocycles. The van der Waals surface area contributed by atoms with E-state index >= 15 is 0 Å². The Hall–Kier alpha value is -3.25. The number of carbonyl (C=O) groups is 2. The molecule has 0 aromatic heterocycles. The molecule has 0 radical (unpaired) electrons. The highest BCUT2D eigenvalue weighted by Crippen LogP contribution is 2.25. The highest BCUT2D eigenvalue weighted by molar-refractivity contribution is 7.91. The van der Waals surface area contributed by atoms with Gasteiger partial charge in [-0.15, -0.1) is 0 Å². The molecule has 10 nitrogen and oxygen atoms in total. The second kappa shape index (κ2) is 16.4. The fourth-order valence-electron chi connectivity index (χ4n) is 4.45. The van der Waals surface area contributed by atoms with E-state index in [0.29, 0.717) is 24.0 Å². The Kier molecular flexibility index (Phi) is 14.4. The molecule has 0 fully saturated rings. The molecule has 12 heteroatoms. The van der Waals surface area contributed by atoms with Crippen LogP contribution in [0.5, 0.6) is 0 Å². The summed E-state index contributed by atoms with van der Waals surface area (Å²) in [6, 6.07) is 6.35. The van der Waals surface area contributed by atoms with Crippen molar-refractivity contribution in [2.24, 2.45) is 16.5 Å². The molecular formula is C30H45N3O7S2. The molecule has 0 atom stereocenters. The van der Waals surface area contributed by atoms with Gasteiger partial charge in [-0.3, -0.25) is 4.79 Å². The molecule has 1 amide bonds. The van der Waals surface area contributed by atoms with Gasteiger partial charge in [-0.25, -0.2) is 21.6 Å². The number of guanidine groups is 1. The molecule has 234 valence electrons. The van der Waals surface area contributed by atoms with Crippen LogP contribution in [-0.4, -0.2) is 54.3 Å². The molecule has 0 heterocycles. The zero-order valence-corrected chi connectivity index (χ0v) is 27.4. The number of nitrogens with two attached hydrogens (primary N) is 2. The minimum atomic E-state index is -3.44. The molecule has 2 aromatic carbocycles. The Bertz CT molecular complexity index is 1510. The van der Waals surface area contributed by atoms with Crippen molar-refractivity contribution in [3.8, 4) is 0 Å². The van der Waals surface area contributed by atoms with Crippen molar-refractivity contribution in [1.29, 1.82) is 0 Å². The predicted octanol–water partition coefficient (Wildman–Crippen LogP) is 4.46. The van der Waals surface area contributed by atoms with Crippen LogP contribution in [0.4, 0.5) is 0 Å². The summed E-state index contributed by atoms with van der Waals surface area (Å²) in [4.78, 5) is 27.5. The number of nitrogens with zero attached hydrogens (tertiary/aromatic N) is 1. The molecule has 0 spiro atoms. The van der Waals surface area contributed by atoms with Crippen molar-refractivity contribution in [3.63, 3.8) is 0 Å². The maximum absolute atomic E-state index is 12.0. The molecule has 42 heavy (non-hydrogen) atoms. The van der Waals surface area contributed by atoms with E-state index in [4.69, 9.17) is 11.5 Å². The van der Waals surface area contributed by atoms with Gasteiger partial charge in [0.25, 0.3) is 5.91 Å². The quantitative estimate of drug-likeness (QED) is 0.150. The molecule has 4 N–H and O–H groups in total. The second-order valence-electron chi connectivity index (χ2n) is 10.3. The largest absolute Gasteiger partial charge is 0.465 e. The first-order valence-electron chi connectivity index (χ1n) is 13.9. The number of carbonyl (C=O) groups excluding carboxylic acids is 2. The van der Waals surface area contributed by atoms with Gasteiger partial charge in [-0.1, -0.05) is 51.7 Å². The number of hydrogen-bond donors (Lipinski definition) is 2. The van der Waals surface area contributed by atoms with Crippen molar-refractivity contribution >= 4 is 37.5 Å². The molecule has 0 aliphatic rings. The molecule has 0 aliphatic heterocycles. The maximum atomic E-state index is 12.0. The first kappa shape index (κ1) is 36.8. The lowest BCUT2D eigenvalue weighted by molar-refractivity contribution is 0.0599. The van der Waals surface area contributed by atoms with Crippen LogP contribution in [0, 0.1) is 13.8 Å². The molecular weight excluding hydrogens is 578 g/mol. The Morgan fingerprint density at radius 2 is 1.14 bits per heavy atom. The SMILES string of the molecule is CCCCCc1cc(C)c(C(=O)N=C(N)N)cc1S(C)(=O)=O.CCCCCc1cc(C)c(C(=O)OC)cc1S(C)(=O)=O. The van der Waals surface area contributed by atoms with Crippen molar-refractivity contribution < 1.29 is 31.2 Å². The lowest BCUT2D eigenvalue weighted by Crippen LogP contribution is -2.24. The van der Waals surface area contributed by atoms with E-state index in [9.17, 15) is 26.4 Å². The van der Waals surface area contributed by atoms with Gasteiger partial charge in [0.05, 0.1) is 22.5 Å². The van der Waals surface area contributed by atoms with E-state index < -0.39 is 31.6 Å². The van der Waals surface area contributed by atoms with Crippen LogP contribution in [-0.2, 0) is 37.3 Å². The van der Waals surface area contributed by atoms with E-state index in [0.717, 1.165) is 61.5 Å². The first-order valence-corrected chi connectivity index (χ1v) is 17.7. The third-order valence-corrected chi connectivity index (χ3v) is 8.94. The molecule has 2 aromatic rings. The number of unbranched alkanes of at least 4 members (excludes halogenated alkanes) is 4. The van der Waals surface area contributed by atoms with Crippen LogP contribution in [0.1, 0.15) is 95.3 Å². The summed E-state index contributed by atoms with van der Waals surface area (Å²) >= 11 is 0. The minimum absolute atomic E-state index is 0.170.